The Bertz CT molecular complexity index is 764. The number of carbonyl (C=O) groups is 1. The molecule has 0 bridgehead atoms. The molecule has 0 atom stereocenters. The van der Waals surface area contributed by atoms with Crippen molar-refractivity contribution in [3.8, 4) is 17.4 Å². The van der Waals surface area contributed by atoms with Gasteiger partial charge in [-0.1, -0.05) is 25.4 Å². The summed E-state index contributed by atoms with van der Waals surface area (Å²) in [5, 5.41) is 7.80. The monoisotopic (exact) mass is 333 g/mol. The van der Waals surface area contributed by atoms with E-state index in [2.05, 4.69) is 10.2 Å². The number of aromatic nitrogens is 2. The van der Waals surface area contributed by atoms with Crippen molar-refractivity contribution in [2.45, 2.75) is 13.8 Å². The van der Waals surface area contributed by atoms with Crippen molar-refractivity contribution >= 4 is 23.2 Å². The number of amides is 1. The van der Waals surface area contributed by atoms with Crippen LogP contribution in [0.2, 0.25) is 5.15 Å². The zero-order chi connectivity index (χ0) is 16.6. The zero-order valence-corrected chi connectivity index (χ0v) is 13.8. The lowest BCUT2D eigenvalue weighted by molar-refractivity contribution is 0.0983. The van der Waals surface area contributed by atoms with Crippen LogP contribution in [0, 0.1) is 5.92 Å². The molecule has 6 nitrogen and oxygen atoms in total. The number of rotatable bonds is 3. The summed E-state index contributed by atoms with van der Waals surface area (Å²) < 4.78 is 11.1. The van der Waals surface area contributed by atoms with Crippen LogP contribution in [0.25, 0.3) is 0 Å². The largest absolute Gasteiger partial charge is 0.497 e. The highest BCUT2D eigenvalue weighted by atomic mass is 35.5. The molecule has 0 unspecified atom stereocenters. The van der Waals surface area contributed by atoms with Gasteiger partial charge in [0.25, 0.3) is 11.8 Å². The van der Waals surface area contributed by atoms with Gasteiger partial charge in [0.2, 0.25) is 0 Å². The van der Waals surface area contributed by atoms with Gasteiger partial charge in [0.15, 0.2) is 10.9 Å². The molecule has 0 fully saturated rings. The average Bonchev–Trinajstić information content (AvgIpc) is 2.63. The highest BCUT2D eigenvalue weighted by Gasteiger charge is 2.30. The number of nitrogens with zero attached hydrogens (tertiary/aromatic N) is 3. The number of ether oxygens (including phenoxy) is 2. The van der Waals surface area contributed by atoms with Crippen LogP contribution >= 0.6 is 11.6 Å². The average molecular weight is 334 g/mol. The number of hydrogen-bond donors (Lipinski definition) is 0. The van der Waals surface area contributed by atoms with Gasteiger partial charge in [-0.05, 0) is 24.1 Å². The molecular formula is C16H16ClN3O3. The Balaban J connectivity index is 2.18. The molecule has 120 valence electrons. The van der Waals surface area contributed by atoms with Crippen molar-refractivity contribution < 1.29 is 14.3 Å². The van der Waals surface area contributed by atoms with Gasteiger partial charge in [-0.3, -0.25) is 4.79 Å². The molecule has 7 heteroatoms. The lowest BCUT2D eigenvalue weighted by Crippen LogP contribution is -2.33. The van der Waals surface area contributed by atoms with Crippen LogP contribution in [0.1, 0.15) is 24.2 Å². The fourth-order valence-corrected chi connectivity index (χ4v) is 2.56. The number of hydrogen-bond acceptors (Lipinski definition) is 5. The summed E-state index contributed by atoms with van der Waals surface area (Å²) in [5.41, 5.74) is 0.929. The molecule has 1 aliphatic heterocycles. The molecular weight excluding hydrogens is 318 g/mol. The maximum absolute atomic E-state index is 13.0. The standard InChI is InChI=1S/C16H16ClN3O3/c1-9(2)8-20-12-6-10(22-3)4-5-13(12)23-15-11(16(20)21)7-14(17)18-19-15/h4-7,9H,8H2,1-3H3. The first kappa shape index (κ1) is 15.6. The SMILES string of the molecule is COc1ccc2c(c1)N(CC(C)C)C(=O)c1cc(Cl)nnc1O2. The number of methoxy groups -OCH3 is 1. The molecule has 1 aromatic heterocycles. The minimum atomic E-state index is -0.225. The third-order valence-electron chi connectivity index (χ3n) is 3.42. The molecule has 0 aliphatic carbocycles. The van der Waals surface area contributed by atoms with Gasteiger partial charge in [0, 0.05) is 12.6 Å². The molecule has 0 N–H and O–H groups in total. The number of halogens is 1. The van der Waals surface area contributed by atoms with E-state index in [9.17, 15) is 4.79 Å². The third-order valence-corrected chi connectivity index (χ3v) is 3.60. The Kier molecular flexibility index (Phi) is 4.09. The molecule has 0 saturated carbocycles. The van der Waals surface area contributed by atoms with Crippen molar-refractivity contribution in [3.63, 3.8) is 0 Å². The first-order valence-electron chi connectivity index (χ1n) is 7.20. The Morgan fingerprint density at radius 1 is 1.30 bits per heavy atom. The van der Waals surface area contributed by atoms with Gasteiger partial charge in [-0.25, -0.2) is 0 Å². The first-order chi connectivity index (χ1) is 11.0. The lowest BCUT2D eigenvalue weighted by Gasteiger charge is -2.24. The van der Waals surface area contributed by atoms with Gasteiger partial charge in [-0.2, -0.15) is 0 Å². The predicted molar refractivity (Wildman–Crippen MR) is 86.6 cm³/mol. The second-order valence-electron chi connectivity index (χ2n) is 5.63. The Labute approximate surface area is 139 Å². The Morgan fingerprint density at radius 2 is 2.09 bits per heavy atom. The molecule has 1 aliphatic rings. The molecule has 0 radical (unpaired) electrons. The highest BCUT2D eigenvalue weighted by Crippen LogP contribution is 2.40. The van der Waals surface area contributed by atoms with Crippen molar-refractivity contribution in [1.29, 1.82) is 0 Å². The molecule has 0 spiro atoms. The van der Waals surface area contributed by atoms with Crippen LogP contribution in [0.3, 0.4) is 0 Å². The second-order valence-corrected chi connectivity index (χ2v) is 6.02. The fraction of sp³-hybridized carbons (Fsp3) is 0.312. The molecule has 3 rings (SSSR count). The van der Waals surface area contributed by atoms with E-state index in [1.54, 1.807) is 30.2 Å². The summed E-state index contributed by atoms with van der Waals surface area (Å²) in [6, 6.07) is 6.77. The summed E-state index contributed by atoms with van der Waals surface area (Å²) in [6.07, 6.45) is 0. The Hall–Kier alpha value is -2.34. The summed E-state index contributed by atoms with van der Waals surface area (Å²) in [4.78, 5) is 14.6. The lowest BCUT2D eigenvalue weighted by atomic mass is 10.1. The van der Waals surface area contributed by atoms with Crippen molar-refractivity contribution in [2.24, 2.45) is 5.92 Å². The van der Waals surface area contributed by atoms with E-state index in [1.807, 2.05) is 13.8 Å². The molecule has 23 heavy (non-hydrogen) atoms. The van der Waals surface area contributed by atoms with Crippen molar-refractivity contribution in [3.05, 3.63) is 35.0 Å². The normalized spacial score (nSPS) is 13.3. The van der Waals surface area contributed by atoms with Crippen LogP contribution in [-0.4, -0.2) is 29.8 Å². The fourth-order valence-electron chi connectivity index (χ4n) is 2.41. The highest BCUT2D eigenvalue weighted by molar-refractivity contribution is 6.29. The van der Waals surface area contributed by atoms with E-state index < -0.39 is 0 Å². The molecule has 1 aromatic carbocycles. The van der Waals surface area contributed by atoms with Gasteiger partial charge in [0.05, 0.1) is 12.8 Å². The van der Waals surface area contributed by atoms with Crippen molar-refractivity contribution in [1.82, 2.24) is 10.2 Å². The van der Waals surface area contributed by atoms with Crippen molar-refractivity contribution in [2.75, 3.05) is 18.6 Å². The minimum Gasteiger partial charge on any atom is -0.497 e. The molecule has 2 aromatic rings. The third kappa shape index (κ3) is 2.94. The minimum absolute atomic E-state index is 0.147. The number of benzene rings is 1. The van der Waals surface area contributed by atoms with E-state index in [0.29, 0.717) is 29.3 Å². The number of fused-ring (bicyclic) bond motifs is 2. The van der Waals surface area contributed by atoms with E-state index in [0.717, 1.165) is 0 Å². The molecule has 0 saturated heterocycles. The molecule has 2 heterocycles. The van der Waals surface area contributed by atoms with Crippen LogP contribution in [0.4, 0.5) is 5.69 Å². The smallest absolute Gasteiger partial charge is 0.264 e. The van der Waals surface area contributed by atoms with Gasteiger partial charge >= 0.3 is 0 Å². The predicted octanol–water partition coefficient (Wildman–Crippen LogP) is 3.55. The quantitative estimate of drug-likeness (QED) is 0.859. The zero-order valence-electron chi connectivity index (χ0n) is 13.0. The topological polar surface area (TPSA) is 64.5 Å². The van der Waals surface area contributed by atoms with Crippen LogP contribution in [0.5, 0.6) is 17.4 Å². The molecule has 1 amide bonds. The van der Waals surface area contributed by atoms with Gasteiger partial charge < -0.3 is 14.4 Å². The first-order valence-corrected chi connectivity index (χ1v) is 7.58. The van der Waals surface area contributed by atoms with Crippen LogP contribution in [-0.2, 0) is 0 Å². The maximum atomic E-state index is 13.0. The van der Waals surface area contributed by atoms with E-state index in [1.165, 1.54) is 6.07 Å². The summed E-state index contributed by atoms with van der Waals surface area (Å²) in [5.74, 6) is 1.36. The van der Waals surface area contributed by atoms with Crippen LogP contribution < -0.4 is 14.4 Å². The number of anilines is 1. The summed E-state index contributed by atoms with van der Waals surface area (Å²) in [6.45, 7) is 4.61. The second kappa shape index (κ2) is 6.04. The van der Waals surface area contributed by atoms with Gasteiger partial charge in [0.1, 0.15) is 11.3 Å². The Morgan fingerprint density at radius 3 is 2.78 bits per heavy atom. The van der Waals surface area contributed by atoms with Crippen LogP contribution in [0.15, 0.2) is 24.3 Å². The summed E-state index contributed by atoms with van der Waals surface area (Å²) in [7, 11) is 1.58. The maximum Gasteiger partial charge on any atom is 0.264 e. The van der Waals surface area contributed by atoms with E-state index in [4.69, 9.17) is 21.1 Å². The number of carbonyl (C=O) groups excluding carboxylic acids is 1. The van der Waals surface area contributed by atoms with Gasteiger partial charge in [-0.15, -0.1) is 10.2 Å². The van der Waals surface area contributed by atoms with E-state index in [-0.39, 0.29) is 22.9 Å². The summed E-state index contributed by atoms with van der Waals surface area (Å²) >= 11 is 5.89. The van der Waals surface area contributed by atoms with E-state index >= 15 is 0 Å².